The van der Waals surface area contributed by atoms with E-state index in [-0.39, 0.29) is 17.5 Å². The fourth-order valence-corrected chi connectivity index (χ4v) is 2.75. The third-order valence-electron chi connectivity index (χ3n) is 1.65. The van der Waals surface area contributed by atoms with E-state index in [1.165, 1.54) is 0 Å². The molecule has 0 saturated heterocycles. The minimum absolute atomic E-state index is 0.00355. The molecule has 1 rings (SSSR count). The molecule has 1 atom stereocenters. The van der Waals surface area contributed by atoms with Crippen LogP contribution >= 0.6 is 0 Å². The van der Waals surface area contributed by atoms with Gasteiger partial charge < -0.3 is 5.73 Å². The molecule has 5 nitrogen and oxygen atoms in total. The topological polar surface area (TPSA) is 78.0 Å². The standard InChI is InChI=1S/C8H15N3O2S/c1-7(9)5-14(12,13)6-8-3-4-11(2)10-8/h3-4,7H,5-6,9H2,1-2H3. The fraction of sp³-hybridized carbons (Fsp3) is 0.625. The molecule has 0 saturated carbocycles. The first kappa shape index (κ1) is 11.2. The van der Waals surface area contributed by atoms with Gasteiger partial charge in [-0.15, -0.1) is 0 Å². The van der Waals surface area contributed by atoms with Gasteiger partial charge in [0.15, 0.2) is 9.84 Å². The summed E-state index contributed by atoms with van der Waals surface area (Å²) in [5, 5.41) is 4.00. The molecular formula is C8H15N3O2S. The van der Waals surface area contributed by atoms with Gasteiger partial charge in [-0.05, 0) is 13.0 Å². The van der Waals surface area contributed by atoms with E-state index in [1.54, 1.807) is 30.9 Å². The van der Waals surface area contributed by atoms with Crippen LogP contribution in [0.15, 0.2) is 12.3 Å². The van der Waals surface area contributed by atoms with Crippen LogP contribution in [0.1, 0.15) is 12.6 Å². The van der Waals surface area contributed by atoms with Crippen molar-refractivity contribution in [2.24, 2.45) is 12.8 Å². The molecule has 6 heteroatoms. The van der Waals surface area contributed by atoms with Crippen molar-refractivity contribution < 1.29 is 8.42 Å². The largest absolute Gasteiger partial charge is 0.327 e. The summed E-state index contributed by atoms with van der Waals surface area (Å²) in [5.41, 5.74) is 6.00. The van der Waals surface area contributed by atoms with Gasteiger partial charge in [0, 0.05) is 19.3 Å². The normalized spacial score (nSPS) is 14.2. The van der Waals surface area contributed by atoms with Gasteiger partial charge in [0.2, 0.25) is 0 Å². The number of sulfone groups is 1. The second kappa shape index (κ2) is 4.10. The monoisotopic (exact) mass is 217 g/mol. The van der Waals surface area contributed by atoms with Crippen molar-refractivity contribution in [1.29, 1.82) is 0 Å². The summed E-state index contributed by atoms with van der Waals surface area (Å²) in [6.45, 7) is 1.68. The molecule has 1 aromatic rings. The van der Waals surface area contributed by atoms with Crippen LogP contribution in [0.4, 0.5) is 0 Å². The van der Waals surface area contributed by atoms with Crippen molar-refractivity contribution in [3.63, 3.8) is 0 Å². The quantitative estimate of drug-likeness (QED) is 0.750. The number of nitrogens with zero attached hydrogens (tertiary/aromatic N) is 2. The smallest absolute Gasteiger partial charge is 0.157 e. The van der Waals surface area contributed by atoms with Crippen molar-refractivity contribution in [1.82, 2.24) is 9.78 Å². The predicted molar refractivity (Wildman–Crippen MR) is 54.3 cm³/mol. The Hall–Kier alpha value is -0.880. The summed E-state index contributed by atoms with van der Waals surface area (Å²) in [5.74, 6) is -0.0288. The van der Waals surface area contributed by atoms with E-state index in [2.05, 4.69) is 5.10 Å². The maximum absolute atomic E-state index is 11.5. The van der Waals surface area contributed by atoms with Gasteiger partial charge in [-0.1, -0.05) is 0 Å². The maximum Gasteiger partial charge on any atom is 0.157 e. The lowest BCUT2D eigenvalue weighted by molar-refractivity contribution is 0.588. The molecule has 0 aliphatic rings. The second-order valence-corrected chi connectivity index (χ2v) is 5.62. The number of hydrogen-bond acceptors (Lipinski definition) is 4. The van der Waals surface area contributed by atoms with Gasteiger partial charge in [0.05, 0.1) is 17.2 Å². The van der Waals surface area contributed by atoms with Crippen molar-refractivity contribution in [2.75, 3.05) is 5.75 Å². The number of nitrogens with two attached hydrogens (primary N) is 1. The molecule has 0 aliphatic carbocycles. The zero-order valence-electron chi connectivity index (χ0n) is 8.34. The van der Waals surface area contributed by atoms with Crippen molar-refractivity contribution >= 4 is 9.84 Å². The minimum atomic E-state index is -3.12. The summed E-state index contributed by atoms with van der Waals surface area (Å²) in [6, 6.07) is 1.36. The van der Waals surface area contributed by atoms with E-state index in [9.17, 15) is 8.42 Å². The molecule has 0 radical (unpaired) electrons. The molecule has 0 aromatic carbocycles. The molecule has 2 N–H and O–H groups in total. The van der Waals surface area contributed by atoms with Crippen LogP contribution in [0.25, 0.3) is 0 Å². The van der Waals surface area contributed by atoms with E-state index >= 15 is 0 Å². The fourth-order valence-electron chi connectivity index (χ4n) is 1.22. The lowest BCUT2D eigenvalue weighted by Crippen LogP contribution is -2.27. The van der Waals surface area contributed by atoms with E-state index in [4.69, 9.17) is 5.73 Å². The molecule has 1 aromatic heterocycles. The Morgan fingerprint density at radius 1 is 1.64 bits per heavy atom. The van der Waals surface area contributed by atoms with Gasteiger partial charge in [-0.2, -0.15) is 5.10 Å². The number of aromatic nitrogens is 2. The third-order valence-corrected chi connectivity index (χ3v) is 3.42. The van der Waals surface area contributed by atoms with E-state index in [1.807, 2.05) is 0 Å². The first-order valence-corrected chi connectivity index (χ1v) is 6.16. The Bertz CT molecular complexity index is 394. The average Bonchev–Trinajstić information content (AvgIpc) is 2.30. The average molecular weight is 217 g/mol. The summed E-state index contributed by atoms with van der Waals surface area (Å²) in [6.07, 6.45) is 1.72. The highest BCUT2D eigenvalue weighted by atomic mass is 32.2. The highest BCUT2D eigenvalue weighted by Crippen LogP contribution is 2.04. The Morgan fingerprint density at radius 3 is 2.71 bits per heavy atom. The van der Waals surface area contributed by atoms with Gasteiger partial charge in [0.1, 0.15) is 0 Å². The first-order chi connectivity index (χ1) is 6.39. The second-order valence-electron chi connectivity index (χ2n) is 3.51. The number of rotatable bonds is 4. The third kappa shape index (κ3) is 3.47. The Kier molecular flexibility index (Phi) is 3.28. The summed E-state index contributed by atoms with van der Waals surface area (Å²) in [4.78, 5) is 0. The Labute approximate surface area is 83.8 Å². The Morgan fingerprint density at radius 2 is 2.29 bits per heavy atom. The van der Waals surface area contributed by atoms with Crippen molar-refractivity contribution in [2.45, 2.75) is 18.7 Å². The maximum atomic E-state index is 11.5. The molecule has 0 spiro atoms. The molecule has 14 heavy (non-hydrogen) atoms. The van der Waals surface area contributed by atoms with Crippen molar-refractivity contribution in [3.8, 4) is 0 Å². The molecule has 0 aliphatic heterocycles. The summed E-state index contributed by atoms with van der Waals surface area (Å²) < 4.78 is 24.6. The van der Waals surface area contributed by atoms with Gasteiger partial charge in [-0.25, -0.2) is 8.42 Å². The van der Waals surface area contributed by atoms with E-state index < -0.39 is 9.84 Å². The van der Waals surface area contributed by atoms with Gasteiger partial charge in [0.25, 0.3) is 0 Å². The molecule has 0 bridgehead atoms. The summed E-state index contributed by atoms with van der Waals surface area (Å²) in [7, 11) is -1.37. The van der Waals surface area contributed by atoms with Crippen molar-refractivity contribution in [3.05, 3.63) is 18.0 Å². The van der Waals surface area contributed by atoms with E-state index in [0.717, 1.165) is 0 Å². The zero-order chi connectivity index (χ0) is 10.8. The van der Waals surface area contributed by atoms with Crippen LogP contribution in [0, 0.1) is 0 Å². The lowest BCUT2D eigenvalue weighted by atomic mass is 10.4. The van der Waals surface area contributed by atoms with Crippen LogP contribution in [0.2, 0.25) is 0 Å². The van der Waals surface area contributed by atoms with Crippen LogP contribution in [-0.2, 0) is 22.6 Å². The molecule has 1 unspecified atom stereocenters. The number of hydrogen-bond donors (Lipinski definition) is 1. The minimum Gasteiger partial charge on any atom is -0.327 e. The SMILES string of the molecule is CC(N)CS(=O)(=O)Cc1ccn(C)n1. The Balaban J connectivity index is 2.69. The molecule has 80 valence electrons. The number of aryl methyl sites for hydroxylation is 1. The first-order valence-electron chi connectivity index (χ1n) is 4.33. The predicted octanol–water partition coefficient (Wildman–Crippen LogP) is -0.318. The molecule has 0 amide bonds. The summed E-state index contributed by atoms with van der Waals surface area (Å²) >= 11 is 0. The highest BCUT2D eigenvalue weighted by Gasteiger charge is 2.15. The van der Waals surface area contributed by atoms with Gasteiger partial charge in [-0.3, -0.25) is 4.68 Å². The molecule has 0 fully saturated rings. The van der Waals surface area contributed by atoms with Gasteiger partial charge >= 0.3 is 0 Å². The zero-order valence-corrected chi connectivity index (χ0v) is 9.16. The van der Waals surface area contributed by atoms with E-state index in [0.29, 0.717) is 5.69 Å². The van der Waals surface area contributed by atoms with Crippen LogP contribution in [0.5, 0.6) is 0 Å². The highest BCUT2D eigenvalue weighted by molar-refractivity contribution is 7.90. The van der Waals surface area contributed by atoms with Crippen LogP contribution in [0.3, 0.4) is 0 Å². The van der Waals surface area contributed by atoms with Crippen LogP contribution < -0.4 is 5.73 Å². The molecule has 1 heterocycles. The van der Waals surface area contributed by atoms with Crippen LogP contribution in [-0.4, -0.2) is 30.0 Å². The lowest BCUT2D eigenvalue weighted by Gasteiger charge is -2.04. The molecular weight excluding hydrogens is 202 g/mol.